The number of rotatable bonds is 2. The Bertz CT molecular complexity index is 514. The third kappa shape index (κ3) is 1.95. The molecular formula is C12H11FN2O. The fraction of sp³-hybridized carbons (Fsp3) is 0.0833. The Balaban J connectivity index is 2.54. The minimum absolute atomic E-state index is 0.389. The van der Waals surface area contributed by atoms with Crippen LogP contribution >= 0.6 is 0 Å². The summed E-state index contributed by atoms with van der Waals surface area (Å²) in [4.78, 5) is 3.79. The number of aromatic nitrogens is 1. The number of nitrogens with zero attached hydrogens (tertiary/aromatic N) is 1. The van der Waals surface area contributed by atoms with E-state index in [1.807, 2.05) is 0 Å². The maximum atomic E-state index is 13.0. The van der Waals surface area contributed by atoms with Gasteiger partial charge in [-0.15, -0.1) is 0 Å². The number of hydrogen-bond donors (Lipinski definition) is 1. The molecule has 1 aromatic heterocycles. The molecule has 82 valence electrons. The Morgan fingerprint density at radius 3 is 2.75 bits per heavy atom. The molecule has 0 aliphatic carbocycles. The first-order chi connectivity index (χ1) is 7.70. The van der Waals surface area contributed by atoms with Gasteiger partial charge < -0.3 is 10.5 Å². The molecule has 3 nitrogen and oxygen atoms in total. The van der Waals surface area contributed by atoms with E-state index in [1.165, 1.54) is 6.07 Å². The molecule has 0 spiro atoms. The molecule has 2 rings (SSSR count). The van der Waals surface area contributed by atoms with Crippen molar-refractivity contribution in [3.63, 3.8) is 0 Å². The van der Waals surface area contributed by atoms with Crippen molar-refractivity contribution in [2.24, 2.45) is 0 Å². The zero-order valence-electron chi connectivity index (χ0n) is 8.77. The molecule has 1 heterocycles. The summed E-state index contributed by atoms with van der Waals surface area (Å²) in [5.74, 6) is 0.285. The fourth-order valence-electron chi connectivity index (χ4n) is 1.47. The van der Waals surface area contributed by atoms with Gasteiger partial charge in [0.2, 0.25) is 0 Å². The van der Waals surface area contributed by atoms with Crippen molar-refractivity contribution in [2.45, 2.75) is 0 Å². The van der Waals surface area contributed by atoms with E-state index in [2.05, 4.69) is 4.98 Å². The first kappa shape index (κ1) is 10.4. The van der Waals surface area contributed by atoms with Crippen molar-refractivity contribution in [2.75, 3.05) is 12.8 Å². The molecular weight excluding hydrogens is 207 g/mol. The molecule has 16 heavy (non-hydrogen) atoms. The molecule has 0 unspecified atom stereocenters. The van der Waals surface area contributed by atoms with Crippen molar-refractivity contribution in [1.82, 2.24) is 4.98 Å². The van der Waals surface area contributed by atoms with Gasteiger partial charge in [-0.1, -0.05) is 0 Å². The SMILES string of the molecule is COc1ccc(N)c(-c2cncc(F)c2)c1. The number of halogens is 1. The lowest BCUT2D eigenvalue weighted by Crippen LogP contribution is -1.92. The minimum atomic E-state index is -0.389. The summed E-state index contributed by atoms with van der Waals surface area (Å²) in [6, 6.07) is 6.62. The average Bonchev–Trinajstić information content (AvgIpc) is 2.30. The second kappa shape index (κ2) is 4.18. The second-order valence-corrected chi connectivity index (χ2v) is 3.35. The lowest BCUT2D eigenvalue weighted by molar-refractivity contribution is 0.415. The van der Waals surface area contributed by atoms with Crippen molar-refractivity contribution in [1.29, 1.82) is 0 Å². The molecule has 0 saturated carbocycles. The highest BCUT2D eigenvalue weighted by atomic mass is 19.1. The normalized spacial score (nSPS) is 10.1. The molecule has 4 heteroatoms. The second-order valence-electron chi connectivity index (χ2n) is 3.35. The van der Waals surface area contributed by atoms with Gasteiger partial charge in [-0.3, -0.25) is 4.98 Å². The Labute approximate surface area is 92.7 Å². The van der Waals surface area contributed by atoms with Gasteiger partial charge in [-0.05, 0) is 24.3 Å². The van der Waals surface area contributed by atoms with Crippen molar-refractivity contribution in [3.05, 3.63) is 42.5 Å². The summed E-state index contributed by atoms with van der Waals surface area (Å²) >= 11 is 0. The van der Waals surface area contributed by atoms with Crippen LogP contribution in [0.4, 0.5) is 10.1 Å². The van der Waals surface area contributed by atoms with E-state index in [-0.39, 0.29) is 5.82 Å². The van der Waals surface area contributed by atoms with E-state index in [4.69, 9.17) is 10.5 Å². The van der Waals surface area contributed by atoms with E-state index >= 15 is 0 Å². The highest BCUT2D eigenvalue weighted by Gasteiger charge is 2.05. The van der Waals surface area contributed by atoms with E-state index in [9.17, 15) is 4.39 Å². The number of hydrogen-bond acceptors (Lipinski definition) is 3. The van der Waals surface area contributed by atoms with Crippen LogP contribution in [0.15, 0.2) is 36.7 Å². The molecule has 1 aromatic carbocycles. The van der Waals surface area contributed by atoms with E-state index in [0.717, 1.165) is 6.20 Å². The quantitative estimate of drug-likeness (QED) is 0.788. The van der Waals surface area contributed by atoms with Gasteiger partial charge in [-0.2, -0.15) is 0 Å². The number of benzene rings is 1. The zero-order valence-corrected chi connectivity index (χ0v) is 8.77. The highest BCUT2D eigenvalue weighted by Crippen LogP contribution is 2.29. The minimum Gasteiger partial charge on any atom is -0.497 e. The van der Waals surface area contributed by atoms with Crippen molar-refractivity contribution < 1.29 is 9.13 Å². The largest absolute Gasteiger partial charge is 0.497 e. The zero-order chi connectivity index (χ0) is 11.5. The Morgan fingerprint density at radius 1 is 1.25 bits per heavy atom. The lowest BCUT2D eigenvalue weighted by atomic mass is 10.1. The molecule has 0 amide bonds. The third-order valence-corrected chi connectivity index (χ3v) is 2.28. The van der Waals surface area contributed by atoms with Gasteiger partial charge in [0.25, 0.3) is 0 Å². The lowest BCUT2D eigenvalue weighted by Gasteiger charge is -2.07. The number of ether oxygens (including phenoxy) is 1. The fourth-order valence-corrected chi connectivity index (χ4v) is 1.47. The molecule has 0 bridgehead atoms. The van der Waals surface area contributed by atoms with Gasteiger partial charge in [0.05, 0.1) is 13.3 Å². The number of nitrogens with two attached hydrogens (primary N) is 1. The van der Waals surface area contributed by atoms with Gasteiger partial charge in [0.1, 0.15) is 11.6 Å². The monoisotopic (exact) mass is 218 g/mol. The summed E-state index contributed by atoms with van der Waals surface area (Å²) in [6.07, 6.45) is 2.72. The van der Waals surface area contributed by atoms with Crippen LogP contribution < -0.4 is 10.5 Å². The van der Waals surface area contributed by atoms with Crippen LogP contribution in [-0.4, -0.2) is 12.1 Å². The molecule has 2 aromatic rings. The van der Waals surface area contributed by atoms with Crippen LogP contribution in [0.2, 0.25) is 0 Å². The molecule has 0 saturated heterocycles. The maximum absolute atomic E-state index is 13.0. The van der Waals surface area contributed by atoms with Crippen molar-refractivity contribution in [3.8, 4) is 16.9 Å². The molecule has 0 atom stereocenters. The van der Waals surface area contributed by atoms with Crippen LogP contribution in [0, 0.1) is 5.82 Å². The Hall–Kier alpha value is -2.10. The maximum Gasteiger partial charge on any atom is 0.142 e. The summed E-state index contributed by atoms with van der Waals surface area (Å²) in [5.41, 5.74) is 7.73. The standard InChI is InChI=1S/C12H11FN2O/c1-16-10-2-3-12(14)11(5-10)8-4-9(13)7-15-6-8/h2-7H,14H2,1H3. The summed E-state index contributed by atoms with van der Waals surface area (Å²) in [5, 5.41) is 0. The Kier molecular flexibility index (Phi) is 2.72. The van der Waals surface area contributed by atoms with E-state index in [1.54, 1.807) is 31.5 Å². The van der Waals surface area contributed by atoms with Gasteiger partial charge in [-0.25, -0.2) is 4.39 Å². The summed E-state index contributed by atoms with van der Waals surface area (Å²) in [7, 11) is 1.57. The number of anilines is 1. The molecule has 2 N–H and O–H groups in total. The first-order valence-electron chi connectivity index (χ1n) is 4.75. The average molecular weight is 218 g/mol. The molecule has 0 aliphatic heterocycles. The molecule has 0 radical (unpaired) electrons. The number of pyridine rings is 1. The Morgan fingerprint density at radius 2 is 2.06 bits per heavy atom. The van der Waals surface area contributed by atoms with Gasteiger partial charge >= 0.3 is 0 Å². The van der Waals surface area contributed by atoms with Crippen LogP contribution in [0.1, 0.15) is 0 Å². The van der Waals surface area contributed by atoms with Gasteiger partial charge in [0.15, 0.2) is 0 Å². The van der Waals surface area contributed by atoms with Crippen LogP contribution in [-0.2, 0) is 0 Å². The smallest absolute Gasteiger partial charge is 0.142 e. The predicted molar refractivity (Wildman–Crippen MR) is 60.6 cm³/mol. The third-order valence-electron chi connectivity index (χ3n) is 2.28. The van der Waals surface area contributed by atoms with Crippen LogP contribution in [0.5, 0.6) is 5.75 Å². The summed E-state index contributed by atoms with van der Waals surface area (Å²) < 4.78 is 18.1. The van der Waals surface area contributed by atoms with Crippen LogP contribution in [0.3, 0.4) is 0 Å². The van der Waals surface area contributed by atoms with Crippen molar-refractivity contribution >= 4 is 5.69 Å². The summed E-state index contributed by atoms with van der Waals surface area (Å²) in [6.45, 7) is 0. The van der Waals surface area contributed by atoms with Crippen LogP contribution in [0.25, 0.3) is 11.1 Å². The number of nitrogen functional groups attached to an aromatic ring is 1. The highest BCUT2D eigenvalue weighted by molar-refractivity contribution is 5.77. The number of methoxy groups -OCH3 is 1. The molecule has 0 aliphatic rings. The molecule has 0 fully saturated rings. The predicted octanol–water partition coefficient (Wildman–Crippen LogP) is 2.48. The van der Waals surface area contributed by atoms with E-state index in [0.29, 0.717) is 22.6 Å². The van der Waals surface area contributed by atoms with E-state index < -0.39 is 0 Å². The topological polar surface area (TPSA) is 48.1 Å². The van der Waals surface area contributed by atoms with Gasteiger partial charge in [0, 0.05) is 23.0 Å². The first-order valence-corrected chi connectivity index (χ1v) is 4.75.